The van der Waals surface area contributed by atoms with E-state index in [-0.39, 0.29) is 6.29 Å². The molecule has 9 rings (SSSR count). The number of aromatic nitrogens is 1. The third-order valence-electron chi connectivity index (χ3n) is 8.42. The maximum absolute atomic E-state index is 6.58. The summed E-state index contributed by atoms with van der Waals surface area (Å²) < 4.78 is 8.89. The minimum absolute atomic E-state index is 0.378. The topological polar surface area (TPSA) is 42.5 Å². The van der Waals surface area contributed by atoms with Crippen molar-refractivity contribution in [1.82, 2.24) is 4.57 Å². The fraction of sp³-hybridized carbons (Fsp3) is 0.0263. The van der Waals surface area contributed by atoms with Crippen LogP contribution in [0.5, 0.6) is 0 Å². The van der Waals surface area contributed by atoms with Crippen LogP contribution in [0.15, 0.2) is 149 Å². The Morgan fingerprint density at radius 3 is 2.21 bits per heavy atom. The second kappa shape index (κ2) is 8.95. The number of benzene rings is 6. The molecule has 0 spiro atoms. The van der Waals surface area contributed by atoms with Crippen LogP contribution >= 0.6 is 0 Å². The quantitative estimate of drug-likeness (QED) is 0.243. The van der Waals surface area contributed by atoms with Gasteiger partial charge in [0, 0.05) is 38.4 Å². The van der Waals surface area contributed by atoms with Gasteiger partial charge in [0.2, 0.25) is 6.29 Å². The summed E-state index contributed by atoms with van der Waals surface area (Å²) in [6.45, 7) is 0. The average molecular weight is 540 g/mol. The predicted molar refractivity (Wildman–Crippen MR) is 173 cm³/mol. The Labute approximate surface area is 242 Å². The number of anilines is 1. The molecule has 198 valence electrons. The first-order chi connectivity index (χ1) is 20.8. The van der Waals surface area contributed by atoms with Crippen LogP contribution in [0.4, 0.5) is 5.69 Å². The number of rotatable bonds is 3. The van der Waals surface area contributed by atoms with Gasteiger partial charge in [-0.3, -0.25) is 4.57 Å². The Kier molecular flexibility index (Phi) is 4.93. The summed E-state index contributed by atoms with van der Waals surface area (Å²) in [6, 6.07) is 48.9. The molecule has 42 heavy (non-hydrogen) atoms. The molecular formula is C38H25N3O. The Bertz CT molecular complexity index is 2340. The number of furan rings is 1. The standard InChI is InChI=1S/C38H25N3O/c1-2-11-24(12-3-1)25-13-10-14-26(23-25)35-31-17-4-7-18-32(31)39-38(40-35)41-33-19-8-5-15-27(33)29-21-22-30-28-16-6-9-20-34(28)42-37(30)36(29)41/h1-23,38-39H. The van der Waals surface area contributed by atoms with E-state index in [4.69, 9.17) is 9.41 Å². The highest BCUT2D eigenvalue weighted by atomic mass is 16.3. The minimum atomic E-state index is -0.378. The molecule has 4 nitrogen and oxygen atoms in total. The zero-order valence-electron chi connectivity index (χ0n) is 22.7. The first-order valence-corrected chi connectivity index (χ1v) is 14.3. The molecule has 6 aromatic carbocycles. The van der Waals surface area contributed by atoms with Crippen LogP contribution < -0.4 is 5.32 Å². The number of nitrogens with zero attached hydrogens (tertiary/aromatic N) is 2. The number of para-hydroxylation sites is 3. The highest BCUT2D eigenvalue weighted by Gasteiger charge is 2.27. The van der Waals surface area contributed by atoms with Gasteiger partial charge in [-0.25, -0.2) is 4.99 Å². The lowest BCUT2D eigenvalue weighted by Gasteiger charge is -2.28. The van der Waals surface area contributed by atoms with Crippen molar-refractivity contribution >= 4 is 55.1 Å². The van der Waals surface area contributed by atoms with Gasteiger partial charge in [0.15, 0.2) is 5.58 Å². The first kappa shape index (κ1) is 23.1. The number of fused-ring (bicyclic) bond motifs is 8. The summed E-state index contributed by atoms with van der Waals surface area (Å²) in [5.74, 6) is 0. The molecule has 1 aliphatic rings. The molecule has 3 heterocycles. The molecule has 8 aromatic rings. The summed E-state index contributed by atoms with van der Waals surface area (Å²) in [6.07, 6.45) is -0.378. The van der Waals surface area contributed by atoms with Crippen molar-refractivity contribution in [3.8, 4) is 11.1 Å². The summed E-state index contributed by atoms with van der Waals surface area (Å²) in [5.41, 5.74) is 10.5. The third-order valence-corrected chi connectivity index (χ3v) is 8.42. The number of hydrogen-bond acceptors (Lipinski definition) is 3. The second-order valence-corrected chi connectivity index (χ2v) is 10.8. The Morgan fingerprint density at radius 1 is 0.571 bits per heavy atom. The first-order valence-electron chi connectivity index (χ1n) is 14.3. The zero-order valence-corrected chi connectivity index (χ0v) is 22.7. The molecule has 1 atom stereocenters. The van der Waals surface area contributed by atoms with Gasteiger partial charge in [-0.2, -0.15) is 0 Å². The van der Waals surface area contributed by atoms with Gasteiger partial charge < -0.3 is 9.73 Å². The van der Waals surface area contributed by atoms with Gasteiger partial charge in [0.25, 0.3) is 0 Å². The number of hydrogen-bond donors (Lipinski definition) is 1. The van der Waals surface area contributed by atoms with Gasteiger partial charge in [0.05, 0.1) is 16.7 Å². The van der Waals surface area contributed by atoms with Crippen LogP contribution in [0.3, 0.4) is 0 Å². The summed E-state index contributed by atoms with van der Waals surface area (Å²) in [5, 5.41) is 8.32. The van der Waals surface area contributed by atoms with Crippen molar-refractivity contribution in [2.45, 2.75) is 6.29 Å². The van der Waals surface area contributed by atoms with Gasteiger partial charge in [0.1, 0.15) is 5.58 Å². The van der Waals surface area contributed by atoms with Crippen LogP contribution in [0.2, 0.25) is 0 Å². The molecule has 0 radical (unpaired) electrons. The van der Waals surface area contributed by atoms with Crippen LogP contribution in [0.1, 0.15) is 17.4 Å². The van der Waals surface area contributed by atoms with Crippen molar-refractivity contribution in [2.75, 3.05) is 5.32 Å². The van der Waals surface area contributed by atoms with Crippen LogP contribution in [0.25, 0.3) is 54.9 Å². The Balaban J connectivity index is 1.32. The van der Waals surface area contributed by atoms with E-state index in [0.29, 0.717) is 0 Å². The van der Waals surface area contributed by atoms with E-state index in [1.165, 1.54) is 16.5 Å². The lowest BCUT2D eigenvalue weighted by molar-refractivity contribution is 0.617. The maximum Gasteiger partial charge on any atom is 0.201 e. The predicted octanol–water partition coefficient (Wildman–Crippen LogP) is 9.78. The van der Waals surface area contributed by atoms with E-state index in [0.717, 1.165) is 60.9 Å². The van der Waals surface area contributed by atoms with Crippen LogP contribution in [-0.2, 0) is 0 Å². The monoisotopic (exact) mass is 539 g/mol. The van der Waals surface area contributed by atoms with E-state index in [1.807, 2.05) is 12.1 Å². The molecule has 0 fully saturated rings. The molecule has 1 aliphatic heterocycles. The van der Waals surface area contributed by atoms with Gasteiger partial charge in [-0.15, -0.1) is 0 Å². The molecule has 1 N–H and O–H groups in total. The summed E-state index contributed by atoms with van der Waals surface area (Å²) in [7, 11) is 0. The van der Waals surface area contributed by atoms with Crippen molar-refractivity contribution in [2.24, 2.45) is 4.99 Å². The van der Waals surface area contributed by atoms with E-state index >= 15 is 0 Å². The molecule has 0 aliphatic carbocycles. The smallest absolute Gasteiger partial charge is 0.201 e. The molecular weight excluding hydrogens is 514 g/mol. The van der Waals surface area contributed by atoms with Crippen molar-refractivity contribution in [1.29, 1.82) is 0 Å². The Morgan fingerprint density at radius 2 is 1.29 bits per heavy atom. The summed E-state index contributed by atoms with van der Waals surface area (Å²) >= 11 is 0. The summed E-state index contributed by atoms with van der Waals surface area (Å²) in [4.78, 5) is 5.46. The third kappa shape index (κ3) is 3.39. The highest BCUT2D eigenvalue weighted by molar-refractivity contribution is 6.21. The van der Waals surface area contributed by atoms with Gasteiger partial charge in [-0.1, -0.05) is 109 Å². The lowest BCUT2D eigenvalue weighted by Crippen LogP contribution is -2.24. The second-order valence-electron chi connectivity index (χ2n) is 10.8. The average Bonchev–Trinajstić information content (AvgIpc) is 3.61. The van der Waals surface area contributed by atoms with E-state index in [1.54, 1.807) is 0 Å². The van der Waals surface area contributed by atoms with Crippen molar-refractivity contribution in [3.63, 3.8) is 0 Å². The number of nitrogens with one attached hydrogen (secondary N) is 1. The molecule has 0 saturated carbocycles. The largest absolute Gasteiger partial charge is 0.454 e. The van der Waals surface area contributed by atoms with Crippen LogP contribution in [0, 0.1) is 0 Å². The molecule has 4 heteroatoms. The fourth-order valence-electron chi connectivity index (χ4n) is 6.52. The molecule has 0 bridgehead atoms. The van der Waals surface area contributed by atoms with Crippen molar-refractivity contribution < 1.29 is 4.42 Å². The normalized spacial score (nSPS) is 14.8. The molecule has 0 saturated heterocycles. The van der Waals surface area contributed by atoms with E-state index < -0.39 is 0 Å². The molecule has 1 unspecified atom stereocenters. The zero-order chi connectivity index (χ0) is 27.6. The SMILES string of the molecule is c1ccc(-c2cccc(C3=NC(n4c5ccccc5c5ccc6c7ccccc7oc6c54)Nc4ccccc43)c2)cc1. The number of aliphatic imine (C=N–C) groups is 1. The highest BCUT2D eigenvalue weighted by Crippen LogP contribution is 2.42. The van der Waals surface area contributed by atoms with Gasteiger partial charge >= 0.3 is 0 Å². The van der Waals surface area contributed by atoms with Crippen molar-refractivity contribution in [3.05, 3.63) is 151 Å². The van der Waals surface area contributed by atoms with E-state index in [2.05, 4.69) is 137 Å². The van der Waals surface area contributed by atoms with Crippen LogP contribution in [-0.4, -0.2) is 10.3 Å². The minimum Gasteiger partial charge on any atom is -0.454 e. The Hall–Kier alpha value is -5.61. The fourth-order valence-corrected chi connectivity index (χ4v) is 6.52. The van der Waals surface area contributed by atoms with E-state index in [9.17, 15) is 0 Å². The molecule has 2 aromatic heterocycles. The van der Waals surface area contributed by atoms with Gasteiger partial charge in [-0.05, 0) is 41.5 Å². The molecule has 0 amide bonds. The lowest BCUT2D eigenvalue weighted by atomic mass is 9.96. The maximum atomic E-state index is 6.58.